The summed E-state index contributed by atoms with van der Waals surface area (Å²) < 4.78 is 0. The van der Waals surface area contributed by atoms with Gasteiger partial charge in [-0.15, -0.1) is 0 Å². The monoisotopic (exact) mass is 278 g/mol. The summed E-state index contributed by atoms with van der Waals surface area (Å²) in [5.74, 6) is -0.403. The third kappa shape index (κ3) is 4.18. The SMILES string of the molecule is O=C(CCN1C(=O)CCC1=O)NCCC1=CCCCC1. The molecule has 1 fully saturated rings. The first-order chi connectivity index (χ1) is 9.66. The third-order valence-corrected chi connectivity index (χ3v) is 3.87. The largest absolute Gasteiger partial charge is 0.356 e. The minimum absolute atomic E-state index is 0.0890. The number of allylic oxidation sites excluding steroid dienone is 1. The molecule has 0 aromatic heterocycles. The maximum Gasteiger partial charge on any atom is 0.229 e. The Morgan fingerprint density at radius 2 is 1.90 bits per heavy atom. The van der Waals surface area contributed by atoms with E-state index < -0.39 is 0 Å². The number of imide groups is 1. The predicted octanol–water partition coefficient (Wildman–Crippen LogP) is 1.53. The first-order valence-electron chi connectivity index (χ1n) is 7.44. The van der Waals surface area contributed by atoms with Gasteiger partial charge in [0.1, 0.15) is 0 Å². The molecule has 0 atom stereocenters. The lowest BCUT2D eigenvalue weighted by Crippen LogP contribution is -2.34. The van der Waals surface area contributed by atoms with Crippen molar-refractivity contribution in [3.8, 4) is 0 Å². The van der Waals surface area contributed by atoms with E-state index in [1.165, 1.54) is 23.3 Å². The molecule has 0 aromatic rings. The van der Waals surface area contributed by atoms with Crippen molar-refractivity contribution < 1.29 is 14.4 Å². The Morgan fingerprint density at radius 3 is 2.55 bits per heavy atom. The van der Waals surface area contributed by atoms with E-state index in [2.05, 4.69) is 11.4 Å². The molecule has 0 aromatic carbocycles. The highest BCUT2D eigenvalue weighted by Gasteiger charge is 2.28. The van der Waals surface area contributed by atoms with Crippen molar-refractivity contribution >= 4 is 17.7 Å². The molecule has 20 heavy (non-hydrogen) atoms. The van der Waals surface area contributed by atoms with E-state index in [4.69, 9.17) is 0 Å². The average Bonchev–Trinajstić information content (AvgIpc) is 2.77. The fourth-order valence-corrected chi connectivity index (χ4v) is 2.67. The van der Waals surface area contributed by atoms with Crippen LogP contribution in [-0.2, 0) is 14.4 Å². The van der Waals surface area contributed by atoms with Gasteiger partial charge in [-0.2, -0.15) is 0 Å². The summed E-state index contributed by atoms with van der Waals surface area (Å²) in [7, 11) is 0. The van der Waals surface area contributed by atoms with Crippen LogP contribution in [0.3, 0.4) is 0 Å². The Kier molecular flexibility index (Phi) is 5.32. The summed E-state index contributed by atoms with van der Waals surface area (Å²) in [4.78, 5) is 35.6. The minimum Gasteiger partial charge on any atom is -0.356 e. The highest BCUT2D eigenvalue weighted by Crippen LogP contribution is 2.19. The van der Waals surface area contributed by atoms with Crippen LogP contribution in [0.4, 0.5) is 0 Å². The van der Waals surface area contributed by atoms with Crippen LogP contribution in [0.5, 0.6) is 0 Å². The first-order valence-corrected chi connectivity index (χ1v) is 7.44. The fraction of sp³-hybridized carbons (Fsp3) is 0.667. The molecule has 0 spiro atoms. The van der Waals surface area contributed by atoms with Gasteiger partial charge in [-0.25, -0.2) is 0 Å². The van der Waals surface area contributed by atoms with E-state index in [9.17, 15) is 14.4 Å². The molecule has 0 radical (unpaired) electrons. The second-order valence-corrected chi connectivity index (χ2v) is 5.40. The molecule has 0 saturated carbocycles. The standard InChI is InChI=1S/C15H22N2O3/c18-13(9-11-17-14(19)6-7-15(17)20)16-10-8-12-4-2-1-3-5-12/h4H,1-3,5-11H2,(H,16,18). The van der Waals surface area contributed by atoms with Crippen molar-refractivity contribution in [3.05, 3.63) is 11.6 Å². The summed E-state index contributed by atoms with van der Waals surface area (Å²) >= 11 is 0. The maximum atomic E-state index is 11.7. The van der Waals surface area contributed by atoms with Gasteiger partial charge in [0, 0.05) is 32.4 Å². The Morgan fingerprint density at radius 1 is 1.15 bits per heavy atom. The van der Waals surface area contributed by atoms with Gasteiger partial charge >= 0.3 is 0 Å². The van der Waals surface area contributed by atoms with Gasteiger partial charge in [0.15, 0.2) is 0 Å². The molecule has 1 aliphatic heterocycles. The predicted molar refractivity (Wildman–Crippen MR) is 74.7 cm³/mol. The first kappa shape index (κ1) is 14.8. The molecule has 0 unspecified atom stereocenters. The van der Waals surface area contributed by atoms with Crippen LogP contribution >= 0.6 is 0 Å². The van der Waals surface area contributed by atoms with Crippen molar-refractivity contribution in [2.75, 3.05) is 13.1 Å². The van der Waals surface area contributed by atoms with Crippen molar-refractivity contribution in [2.24, 2.45) is 0 Å². The Bertz CT molecular complexity index is 413. The number of hydrogen-bond acceptors (Lipinski definition) is 3. The third-order valence-electron chi connectivity index (χ3n) is 3.87. The van der Waals surface area contributed by atoms with Gasteiger partial charge in [-0.3, -0.25) is 19.3 Å². The Hall–Kier alpha value is -1.65. The number of nitrogens with zero attached hydrogens (tertiary/aromatic N) is 1. The number of carbonyl (C=O) groups is 3. The number of rotatable bonds is 6. The second-order valence-electron chi connectivity index (χ2n) is 5.40. The van der Waals surface area contributed by atoms with Gasteiger partial charge in [-0.1, -0.05) is 11.6 Å². The maximum absolute atomic E-state index is 11.7. The second kappa shape index (κ2) is 7.22. The van der Waals surface area contributed by atoms with Gasteiger partial charge in [0.05, 0.1) is 0 Å². The highest BCUT2D eigenvalue weighted by molar-refractivity contribution is 6.02. The van der Waals surface area contributed by atoms with Crippen molar-refractivity contribution in [3.63, 3.8) is 0 Å². The van der Waals surface area contributed by atoms with Gasteiger partial charge < -0.3 is 5.32 Å². The lowest BCUT2D eigenvalue weighted by atomic mass is 9.97. The Balaban J connectivity index is 1.62. The summed E-state index contributed by atoms with van der Waals surface area (Å²) in [6.07, 6.45) is 8.78. The Labute approximate surface area is 119 Å². The molecule has 2 rings (SSSR count). The quantitative estimate of drug-likeness (QED) is 0.592. The summed E-state index contributed by atoms with van der Waals surface area (Å²) in [5.41, 5.74) is 1.43. The van der Waals surface area contributed by atoms with Crippen LogP contribution in [0.15, 0.2) is 11.6 Å². The van der Waals surface area contributed by atoms with Crippen molar-refractivity contribution in [1.82, 2.24) is 10.2 Å². The van der Waals surface area contributed by atoms with Crippen LogP contribution in [-0.4, -0.2) is 35.7 Å². The van der Waals surface area contributed by atoms with E-state index >= 15 is 0 Å². The molecule has 1 N–H and O–H groups in total. The van der Waals surface area contributed by atoms with Crippen LogP contribution in [0.25, 0.3) is 0 Å². The topological polar surface area (TPSA) is 66.5 Å². The summed E-state index contributed by atoms with van der Waals surface area (Å²) in [6, 6.07) is 0. The summed E-state index contributed by atoms with van der Waals surface area (Å²) in [6.45, 7) is 0.860. The molecule has 1 aliphatic carbocycles. The molecule has 5 nitrogen and oxygen atoms in total. The van der Waals surface area contributed by atoms with E-state index in [-0.39, 0.29) is 43.5 Å². The molecular weight excluding hydrogens is 256 g/mol. The van der Waals surface area contributed by atoms with Gasteiger partial charge in [-0.05, 0) is 32.1 Å². The smallest absolute Gasteiger partial charge is 0.229 e. The molecule has 3 amide bonds. The molecule has 1 saturated heterocycles. The van der Waals surface area contributed by atoms with Crippen LogP contribution in [0.2, 0.25) is 0 Å². The minimum atomic E-state index is -0.157. The molecule has 110 valence electrons. The average molecular weight is 278 g/mol. The van der Waals surface area contributed by atoms with Crippen molar-refractivity contribution in [1.29, 1.82) is 0 Å². The van der Waals surface area contributed by atoms with Gasteiger partial charge in [0.25, 0.3) is 0 Å². The molecule has 5 heteroatoms. The van der Waals surface area contributed by atoms with Crippen LogP contribution < -0.4 is 5.32 Å². The van der Waals surface area contributed by atoms with Gasteiger partial charge in [0.2, 0.25) is 17.7 Å². The zero-order chi connectivity index (χ0) is 14.4. The molecule has 0 bridgehead atoms. The van der Waals surface area contributed by atoms with Crippen LogP contribution in [0.1, 0.15) is 51.4 Å². The van der Waals surface area contributed by atoms with E-state index in [1.807, 2.05) is 0 Å². The highest BCUT2D eigenvalue weighted by atomic mass is 16.2. The van der Waals surface area contributed by atoms with Crippen LogP contribution in [0, 0.1) is 0 Å². The zero-order valence-corrected chi connectivity index (χ0v) is 11.8. The van der Waals surface area contributed by atoms with E-state index in [0.29, 0.717) is 6.54 Å². The lowest BCUT2D eigenvalue weighted by molar-refractivity contribution is -0.138. The molecule has 2 aliphatic rings. The normalized spacial score (nSPS) is 19.2. The molecular formula is C15H22N2O3. The molecule has 1 heterocycles. The van der Waals surface area contributed by atoms with E-state index in [1.54, 1.807) is 0 Å². The number of likely N-dealkylation sites (tertiary alicyclic amines) is 1. The number of nitrogens with one attached hydrogen (secondary N) is 1. The number of amides is 3. The fourth-order valence-electron chi connectivity index (χ4n) is 2.67. The van der Waals surface area contributed by atoms with Crippen molar-refractivity contribution in [2.45, 2.75) is 51.4 Å². The zero-order valence-electron chi connectivity index (χ0n) is 11.8. The van der Waals surface area contributed by atoms with E-state index in [0.717, 1.165) is 19.3 Å². The summed E-state index contributed by atoms with van der Waals surface area (Å²) in [5, 5.41) is 2.85. The number of hydrogen-bond donors (Lipinski definition) is 1. The lowest BCUT2D eigenvalue weighted by Gasteiger charge is -2.14. The number of carbonyl (C=O) groups excluding carboxylic acids is 3.